The van der Waals surface area contributed by atoms with Crippen molar-refractivity contribution in [3.05, 3.63) is 53.2 Å². The van der Waals surface area contributed by atoms with Gasteiger partial charge < -0.3 is 18.7 Å². The summed E-state index contributed by atoms with van der Waals surface area (Å²) in [6, 6.07) is 7.61. The minimum absolute atomic E-state index is 0.0976. The van der Waals surface area contributed by atoms with E-state index in [1.807, 2.05) is 36.1 Å². The lowest BCUT2D eigenvalue weighted by atomic mass is 9.79. The molecule has 0 saturated carbocycles. The quantitative estimate of drug-likeness (QED) is 0.523. The van der Waals surface area contributed by atoms with Crippen LogP contribution in [0, 0.1) is 13.8 Å². The minimum Gasteiger partial charge on any atom is -0.385 e. The van der Waals surface area contributed by atoms with E-state index in [4.69, 9.17) is 9.26 Å². The van der Waals surface area contributed by atoms with Gasteiger partial charge in [0, 0.05) is 56.4 Å². The van der Waals surface area contributed by atoms with Crippen molar-refractivity contribution in [3.8, 4) is 11.6 Å². The second-order valence-electron chi connectivity index (χ2n) is 8.77. The van der Waals surface area contributed by atoms with Crippen LogP contribution in [0.15, 0.2) is 35.0 Å². The van der Waals surface area contributed by atoms with Gasteiger partial charge in [0.25, 0.3) is 11.8 Å². The van der Waals surface area contributed by atoms with Crippen LogP contribution in [0.25, 0.3) is 11.6 Å². The van der Waals surface area contributed by atoms with Crippen molar-refractivity contribution in [3.63, 3.8) is 0 Å². The number of rotatable bonds is 7. The molecule has 3 aromatic heterocycles. The van der Waals surface area contributed by atoms with Crippen molar-refractivity contribution in [1.29, 1.82) is 0 Å². The number of amides is 1. The molecule has 8 heteroatoms. The van der Waals surface area contributed by atoms with E-state index in [2.05, 4.69) is 33.5 Å². The molecule has 0 radical (unpaired) electrons. The molecule has 0 atom stereocenters. The third-order valence-corrected chi connectivity index (χ3v) is 6.54. The maximum absolute atomic E-state index is 13.3. The topological polar surface area (TPSA) is 86.3 Å². The zero-order chi connectivity index (χ0) is 22.7. The number of carbonyl (C=O) groups is 1. The molecule has 1 aliphatic heterocycles. The first-order valence-electron chi connectivity index (χ1n) is 11.1. The maximum Gasteiger partial charge on any atom is 0.276 e. The summed E-state index contributed by atoms with van der Waals surface area (Å²) in [6.07, 6.45) is 4.20. The Labute approximate surface area is 188 Å². The zero-order valence-electron chi connectivity index (χ0n) is 19.3. The number of likely N-dealkylation sites (tertiary alicyclic amines) is 1. The number of aryl methyl sites for hydroxylation is 1. The van der Waals surface area contributed by atoms with E-state index in [0.29, 0.717) is 37.1 Å². The lowest BCUT2D eigenvalue weighted by Gasteiger charge is -2.37. The molecule has 0 aliphatic carbocycles. The van der Waals surface area contributed by atoms with Crippen LogP contribution in [0.5, 0.6) is 0 Å². The van der Waals surface area contributed by atoms with Gasteiger partial charge in [-0.25, -0.2) is 0 Å². The van der Waals surface area contributed by atoms with Gasteiger partial charge in [0.15, 0.2) is 5.82 Å². The Morgan fingerprint density at radius 1 is 1.25 bits per heavy atom. The van der Waals surface area contributed by atoms with E-state index in [9.17, 15) is 4.79 Å². The molecule has 8 nitrogen and oxygen atoms in total. The highest BCUT2D eigenvalue weighted by atomic mass is 16.5. The molecule has 4 heterocycles. The van der Waals surface area contributed by atoms with Crippen molar-refractivity contribution in [1.82, 2.24) is 24.6 Å². The van der Waals surface area contributed by atoms with Gasteiger partial charge in [-0.15, -0.1) is 0 Å². The SMILES string of the molecule is COCCCn1c(C)cc(C(=O)N2CCC(C)(c3noc(-c4ccccn4)n3)CC2)c1C. The Bertz CT molecular complexity index is 1060. The summed E-state index contributed by atoms with van der Waals surface area (Å²) < 4.78 is 12.8. The van der Waals surface area contributed by atoms with Crippen molar-refractivity contribution < 1.29 is 14.1 Å². The van der Waals surface area contributed by atoms with Gasteiger partial charge in [0.1, 0.15) is 5.69 Å². The number of carbonyl (C=O) groups excluding carboxylic acids is 1. The molecule has 0 aromatic carbocycles. The number of ether oxygens (including phenoxy) is 1. The molecule has 1 saturated heterocycles. The third kappa shape index (κ3) is 4.32. The third-order valence-electron chi connectivity index (χ3n) is 6.54. The highest BCUT2D eigenvalue weighted by Crippen LogP contribution is 2.35. The highest BCUT2D eigenvalue weighted by Gasteiger charge is 2.38. The molecule has 1 amide bonds. The first kappa shape index (κ1) is 22.2. The highest BCUT2D eigenvalue weighted by molar-refractivity contribution is 5.95. The molecular weight excluding hydrogens is 406 g/mol. The molecule has 32 heavy (non-hydrogen) atoms. The van der Waals surface area contributed by atoms with Gasteiger partial charge in [-0.1, -0.05) is 18.1 Å². The van der Waals surface area contributed by atoms with Crippen molar-refractivity contribution in [2.45, 2.75) is 52.0 Å². The number of piperidine rings is 1. The van der Waals surface area contributed by atoms with Gasteiger partial charge in [-0.05, 0) is 51.3 Å². The molecule has 1 aliphatic rings. The molecular formula is C24H31N5O3. The number of hydrogen-bond donors (Lipinski definition) is 0. The average Bonchev–Trinajstić information content (AvgIpc) is 3.41. The second-order valence-corrected chi connectivity index (χ2v) is 8.77. The van der Waals surface area contributed by atoms with Crippen LogP contribution < -0.4 is 0 Å². The Morgan fingerprint density at radius 3 is 2.72 bits per heavy atom. The molecule has 0 N–H and O–H groups in total. The van der Waals surface area contributed by atoms with Gasteiger partial charge in [0.05, 0.1) is 5.56 Å². The standard InChI is InChI=1S/C24H31N5O3/c1-17-16-19(18(2)29(17)12-7-15-31-4)22(30)28-13-9-24(3,10-14-28)23-26-21(32-27-23)20-8-5-6-11-25-20/h5-6,8,11,16H,7,9-10,12-15H2,1-4H3. The lowest BCUT2D eigenvalue weighted by molar-refractivity contribution is 0.0669. The lowest BCUT2D eigenvalue weighted by Crippen LogP contribution is -2.44. The number of methoxy groups -OCH3 is 1. The van der Waals surface area contributed by atoms with Crippen LogP contribution in [-0.2, 0) is 16.7 Å². The Morgan fingerprint density at radius 2 is 2.03 bits per heavy atom. The van der Waals surface area contributed by atoms with Crippen molar-refractivity contribution in [2.24, 2.45) is 0 Å². The van der Waals surface area contributed by atoms with Crippen molar-refractivity contribution in [2.75, 3.05) is 26.8 Å². The fraction of sp³-hybridized carbons (Fsp3) is 0.500. The Kier molecular flexibility index (Phi) is 6.41. The largest absolute Gasteiger partial charge is 0.385 e. The predicted molar refractivity (Wildman–Crippen MR) is 120 cm³/mol. The zero-order valence-corrected chi connectivity index (χ0v) is 19.3. The van der Waals surface area contributed by atoms with Crippen molar-refractivity contribution >= 4 is 5.91 Å². The Hall–Kier alpha value is -3.00. The smallest absolute Gasteiger partial charge is 0.276 e. The van der Waals surface area contributed by atoms with Gasteiger partial charge in [-0.3, -0.25) is 9.78 Å². The fourth-order valence-corrected chi connectivity index (χ4v) is 4.39. The van der Waals surface area contributed by atoms with E-state index < -0.39 is 0 Å². The first-order valence-corrected chi connectivity index (χ1v) is 11.1. The fourth-order valence-electron chi connectivity index (χ4n) is 4.39. The molecule has 170 valence electrons. The monoisotopic (exact) mass is 437 g/mol. The van der Waals surface area contributed by atoms with Crippen LogP contribution in [-0.4, -0.2) is 57.3 Å². The van der Waals surface area contributed by atoms with Crippen LogP contribution in [0.3, 0.4) is 0 Å². The molecule has 0 spiro atoms. The summed E-state index contributed by atoms with van der Waals surface area (Å²) in [4.78, 5) is 24.1. The van der Waals surface area contributed by atoms with Gasteiger partial charge in [0.2, 0.25) is 0 Å². The average molecular weight is 438 g/mol. The molecule has 0 unspecified atom stereocenters. The molecule has 1 fully saturated rings. The summed E-state index contributed by atoms with van der Waals surface area (Å²) in [5.74, 6) is 1.21. The number of nitrogens with zero attached hydrogens (tertiary/aromatic N) is 5. The van der Waals surface area contributed by atoms with E-state index in [1.54, 1.807) is 13.3 Å². The summed E-state index contributed by atoms with van der Waals surface area (Å²) >= 11 is 0. The molecule has 0 bridgehead atoms. The first-order chi connectivity index (χ1) is 15.4. The summed E-state index contributed by atoms with van der Waals surface area (Å²) in [5.41, 5.74) is 3.36. The summed E-state index contributed by atoms with van der Waals surface area (Å²) in [6.45, 7) is 9.12. The van der Waals surface area contributed by atoms with Crippen LogP contribution in [0.2, 0.25) is 0 Å². The van der Waals surface area contributed by atoms with Crippen LogP contribution in [0.4, 0.5) is 0 Å². The minimum atomic E-state index is -0.232. The molecule has 3 aromatic rings. The summed E-state index contributed by atoms with van der Waals surface area (Å²) in [5, 5.41) is 4.24. The number of hydrogen-bond acceptors (Lipinski definition) is 6. The van der Waals surface area contributed by atoms with Crippen LogP contribution in [0.1, 0.15) is 53.8 Å². The normalized spacial score (nSPS) is 15.8. The maximum atomic E-state index is 13.3. The van der Waals surface area contributed by atoms with Gasteiger partial charge in [-0.2, -0.15) is 4.98 Å². The summed E-state index contributed by atoms with van der Waals surface area (Å²) in [7, 11) is 1.71. The Balaban J connectivity index is 1.43. The number of aromatic nitrogens is 4. The van der Waals surface area contributed by atoms with E-state index in [-0.39, 0.29) is 11.3 Å². The van der Waals surface area contributed by atoms with Gasteiger partial charge >= 0.3 is 0 Å². The van der Waals surface area contributed by atoms with E-state index >= 15 is 0 Å². The predicted octanol–water partition coefficient (Wildman–Crippen LogP) is 3.78. The van der Waals surface area contributed by atoms with Crippen LogP contribution >= 0.6 is 0 Å². The van der Waals surface area contributed by atoms with E-state index in [1.165, 1.54) is 0 Å². The molecule has 4 rings (SSSR count). The van der Waals surface area contributed by atoms with E-state index in [0.717, 1.165) is 42.8 Å². The number of pyridine rings is 1. The second kappa shape index (κ2) is 9.24.